The van der Waals surface area contributed by atoms with Crippen LogP contribution in [0.2, 0.25) is 0 Å². The Hall–Kier alpha value is -4.87. The van der Waals surface area contributed by atoms with Crippen molar-refractivity contribution < 1.29 is 28.3 Å². The minimum Gasteiger partial charge on any atom is -0.467 e. The van der Waals surface area contributed by atoms with Crippen molar-refractivity contribution in [2.45, 2.75) is 31.7 Å². The number of halogens is 1. The van der Waals surface area contributed by atoms with Crippen LogP contribution in [-0.4, -0.2) is 38.9 Å². The number of benzene rings is 3. The molecule has 11 heteroatoms. The van der Waals surface area contributed by atoms with E-state index in [2.05, 4.69) is 10.6 Å². The zero-order valence-electron chi connectivity index (χ0n) is 22.5. The van der Waals surface area contributed by atoms with E-state index in [0.29, 0.717) is 11.4 Å². The molecule has 1 aliphatic heterocycles. The lowest BCUT2D eigenvalue weighted by Crippen LogP contribution is -2.47. The van der Waals surface area contributed by atoms with E-state index in [1.807, 2.05) is 30.3 Å². The van der Waals surface area contributed by atoms with Crippen LogP contribution in [0.1, 0.15) is 23.8 Å². The van der Waals surface area contributed by atoms with E-state index in [-0.39, 0.29) is 35.2 Å². The minimum atomic E-state index is -2.31. The number of anilines is 2. The maximum absolute atomic E-state index is 14.2. The molecule has 1 saturated heterocycles. The van der Waals surface area contributed by atoms with Gasteiger partial charge in [0.2, 0.25) is 11.8 Å². The molecular weight excluding hydrogens is 559 g/mol. The number of hydrogen-bond donors (Lipinski definition) is 3. The molecule has 9 nitrogen and oxygen atoms in total. The summed E-state index contributed by atoms with van der Waals surface area (Å²) in [6, 6.07) is 23.0. The number of thiocarbonyl (C=S) groups is 1. The number of amides is 3. The average Bonchev–Trinajstić information content (AvgIpc) is 3.55. The average molecular weight is 587 g/mol. The van der Waals surface area contributed by atoms with Gasteiger partial charge < -0.3 is 20.2 Å². The second kappa shape index (κ2) is 11.9. The van der Waals surface area contributed by atoms with Gasteiger partial charge in [-0.3, -0.25) is 24.2 Å². The Bertz CT molecular complexity index is 1610. The Labute approximate surface area is 246 Å². The van der Waals surface area contributed by atoms with Gasteiger partial charge in [-0.2, -0.15) is 0 Å². The Morgan fingerprint density at radius 3 is 2.43 bits per heavy atom. The van der Waals surface area contributed by atoms with Gasteiger partial charge in [0.15, 0.2) is 5.11 Å². The van der Waals surface area contributed by atoms with Crippen molar-refractivity contribution in [2.75, 3.05) is 10.2 Å². The zero-order chi connectivity index (χ0) is 29.9. The maximum atomic E-state index is 14.2. The molecule has 42 heavy (non-hydrogen) atoms. The number of rotatable bonds is 9. The molecule has 3 N–H and O–H groups in total. The first-order chi connectivity index (χ1) is 20.2. The van der Waals surface area contributed by atoms with Gasteiger partial charge in [0.1, 0.15) is 17.6 Å². The number of hydrogen-bond acceptors (Lipinski definition) is 6. The first kappa shape index (κ1) is 28.7. The largest absolute Gasteiger partial charge is 0.467 e. The van der Waals surface area contributed by atoms with Crippen molar-refractivity contribution in [2.24, 2.45) is 0 Å². The molecule has 0 radical (unpaired) electrons. The number of furan rings is 1. The van der Waals surface area contributed by atoms with Crippen molar-refractivity contribution in [1.82, 2.24) is 10.2 Å². The monoisotopic (exact) mass is 586 g/mol. The summed E-state index contributed by atoms with van der Waals surface area (Å²) in [6.45, 7) is 1.53. The molecule has 0 aliphatic carbocycles. The summed E-state index contributed by atoms with van der Waals surface area (Å²) in [7, 11) is 0. The fourth-order valence-corrected chi connectivity index (χ4v) is 5.05. The number of nitrogens with zero attached hydrogens (tertiary/aromatic N) is 2. The molecular formula is C31H27FN4O5S. The summed E-state index contributed by atoms with van der Waals surface area (Å²) in [5, 5.41) is 17.3. The Kier molecular flexibility index (Phi) is 8.14. The Morgan fingerprint density at radius 2 is 1.76 bits per heavy atom. The predicted molar refractivity (Wildman–Crippen MR) is 157 cm³/mol. The third-order valence-electron chi connectivity index (χ3n) is 6.78. The van der Waals surface area contributed by atoms with Gasteiger partial charge in [0.25, 0.3) is 11.6 Å². The van der Waals surface area contributed by atoms with Crippen LogP contribution in [0.4, 0.5) is 15.8 Å². The highest BCUT2D eigenvalue weighted by molar-refractivity contribution is 7.80. The summed E-state index contributed by atoms with van der Waals surface area (Å²) >= 11 is 5.59. The van der Waals surface area contributed by atoms with E-state index >= 15 is 0 Å². The lowest BCUT2D eigenvalue weighted by atomic mass is 10.00. The van der Waals surface area contributed by atoms with Crippen LogP contribution in [0, 0.1) is 5.82 Å². The molecule has 1 unspecified atom stereocenters. The molecule has 4 aromatic rings. The second-order valence-electron chi connectivity index (χ2n) is 9.76. The van der Waals surface area contributed by atoms with E-state index in [1.165, 1.54) is 64.6 Å². The van der Waals surface area contributed by atoms with Crippen LogP contribution < -0.4 is 15.5 Å². The van der Waals surface area contributed by atoms with Crippen molar-refractivity contribution >= 4 is 46.4 Å². The van der Waals surface area contributed by atoms with Crippen molar-refractivity contribution in [3.63, 3.8) is 0 Å². The third-order valence-corrected chi connectivity index (χ3v) is 7.19. The molecule has 1 fully saturated rings. The molecule has 0 saturated carbocycles. The molecule has 3 amide bonds. The summed E-state index contributed by atoms with van der Waals surface area (Å²) in [5.41, 5.74) is -0.793. The second-order valence-corrected chi connectivity index (χ2v) is 10.1. The molecule has 0 spiro atoms. The summed E-state index contributed by atoms with van der Waals surface area (Å²) in [4.78, 5) is 41.2. The summed E-state index contributed by atoms with van der Waals surface area (Å²) in [5.74, 6) is -1.63. The van der Waals surface area contributed by atoms with E-state index in [0.717, 1.165) is 5.56 Å². The molecule has 2 heterocycles. The lowest BCUT2D eigenvalue weighted by Gasteiger charge is -2.31. The highest BCUT2D eigenvalue weighted by Crippen LogP contribution is 2.40. The quantitative estimate of drug-likeness (QED) is 0.253. The first-order valence-electron chi connectivity index (χ1n) is 13.1. The number of carbonyl (C=O) groups is 3. The molecule has 214 valence electrons. The number of carbonyl (C=O) groups excluding carboxylic acids is 3. The molecule has 3 aromatic carbocycles. The van der Waals surface area contributed by atoms with Crippen LogP contribution in [0.25, 0.3) is 0 Å². The fourth-order valence-electron chi connectivity index (χ4n) is 4.67. The Balaban J connectivity index is 1.34. The highest BCUT2D eigenvalue weighted by atomic mass is 32.1. The Morgan fingerprint density at radius 1 is 1.02 bits per heavy atom. The maximum Gasteiger partial charge on any atom is 0.287 e. The predicted octanol–water partition coefficient (Wildman–Crippen LogP) is 4.08. The lowest BCUT2D eigenvalue weighted by molar-refractivity contribution is -0.143. The van der Waals surface area contributed by atoms with Crippen LogP contribution in [-0.2, 0) is 33.1 Å². The van der Waals surface area contributed by atoms with E-state index < -0.39 is 29.4 Å². The van der Waals surface area contributed by atoms with E-state index in [4.69, 9.17) is 16.6 Å². The van der Waals surface area contributed by atoms with E-state index in [1.54, 1.807) is 19.1 Å². The van der Waals surface area contributed by atoms with Crippen LogP contribution in [0.15, 0.2) is 102 Å². The van der Waals surface area contributed by atoms with Crippen molar-refractivity contribution in [3.05, 3.63) is 120 Å². The molecule has 0 bridgehead atoms. The van der Waals surface area contributed by atoms with Crippen LogP contribution in [0.5, 0.6) is 0 Å². The van der Waals surface area contributed by atoms with Crippen molar-refractivity contribution in [1.29, 1.82) is 0 Å². The molecule has 1 aromatic heterocycles. The van der Waals surface area contributed by atoms with Gasteiger partial charge in [0.05, 0.1) is 19.2 Å². The van der Waals surface area contributed by atoms with Gasteiger partial charge in [-0.1, -0.05) is 48.5 Å². The fraction of sp³-hybridized carbons (Fsp3) is 0.161. The topological polar surface area (TPSA) is 115 Å². The van der Waals surface area contributed by atoms with E-state index in [9.17, 15) is 23.9 Å². The van der Waals surface area contributed by atoms with Crippen molar-refractivity contribution in [3.8, 4) is 0 Å². The molecule has 1 aliphatic rings. The van der Waals surface area contributed by atoms with Crippen LogP contribution in [0.3, 0.4) is 0 Å². The van der Waals surface area contributed by atoms with Gasteiger partial charge >= 0.3 is 0 Å². The molecule has 2 atom stereocenters. The number of aliphatic hydroxyl groups is 1. The standard InChI is InChI=1S/C31H27FN4O5S/c1-20(33-27(37)17-21-7-3-2-4-8-21)28(38)34-24-14-12-22(13-15-24)31(40)29(39)35(19-26-11-6-16-41-26)30(42)36(31)25-10-5-9-23(32)18-25/h2-16,18,20,40H,17,19H2,1H3,(H,33,37)(H,34,38)/t20-,31?/m0/s1. The first-order valence-corrected chi connectivity index (χ1v) is 13.5. The van der Waals surface area contributed by atoms with Gasteiger partial charge in [0, 0.05) is 16.9 Å². The van der Waals surface area contributed by atoms with Gasteiger partial charge in [-0.15, -0.1) is 0 Å². The summed E-state index contributed by atoms with van der Waals surface area (Å²) in [6.07, 6.45) is 1.60. The van der Waals surface area contributed by atoms with Gasteiger partial charge in [-0.25, -0.2) is 4.39 Å². The molecule has 5 rings (SSSR count). The highest BCUT2D eigenvalue weighted by Gasteiger charge is 2.56. The van der Waals surface area contributed by atoms with Gasteiger partial charge in [-0.05, 0) is 67.2 Å². The number of nitrogens with one attached hydrogen (secondary N) is 2. The third kappa shape index (κ3) is 5.78. The van der Waals surface area contributed by atoms with Crippen LogP contribution >= 0.6 is 12.2 Å². The normalized spacial score (nSPS) is 17.3. The zero-order valence-corrected chi connectivity index (χ0v) is 23.3. The smallest absolute Gasteiger partial charge is 0.287 e. The summed E-state index contributed by atoms with van der Waals surface area (Å²) < 4.78 is 19.6. The SMILES string of the molecule is C[C@H](NC(=O)Cc1ccccc1)C(=O)Nc1ccc(C2(O)C(=O)N(Cc3ccco3)C(=S)N2c2cccc(F)c2)cc1. The minimum absolute atomic E-state index is 0.0399.